The summed E-state index contributed by atoms with van der Waals surface area (Å²) in [4.78, 5) is 4.34. The molecule has 0 radical (unpaired) electrons. The number of ether oxygens (including phenoxy) is 1. The second-order valence-corrected chi connectivity index (χ2v) is 4.59. The van der Waals surface area contributed by atoms with E-state index in [-0.39, 0.29) is 11.1 Å². The molecule has 0 aliphatic carbocycles. The van der Waals surface area contributed by atoms with Gasteiger partial charge in [0.2, 0.25) is 0 Å². The molecule has 1 aliphatic heterocycles. The van der Waals surface area contributed by atoms with Crippen molar-refractivity contribution in [3.63, 3.8) is 0 Å². The Hall–Kier alpha value is -1.87. The van der Waals surface area contributed by atoms with Gasteiger partial charge in [-0.15, -0.1) is 0 Å². The molecule has 0 saturated heterocycles. The molecule has 0 saturated carbocycles. The minimum absolute atomic E-state index is 0. The van der Waals surface area contributed by atoms with E-state index in [4.69, 9.17) is 4.74 Å². The van der Waals surface area contributed by atoms with Gasteiger partial charge in [-0.3, -0.25) is 4.98 Å². The minimum atomic E-state index is -0.219. The number of hydrogen-bond acceptors (Lipinski definition) is 2. The number of rotatable bonds is 0. The van der Waals surface area contributed by atoms with Gasteiger partial charge in [-0.2, -0.15) is 0 Å². The van der Waals surface area contributed by atoms with Crippen LogP contribution in [0.2, 0.25) is 0 Å². The van der Waals surface area contributed by atoms with Crippen molar-refractivity contribution in [2.75, 3.05) is 0 Å². The highest BCUT2D eigenvalue weighted by atomic mass is 16.5. The van der Waals surface area contributed by atoms with Gasteiger partial charge in [0.05, 0.1) is 5.52 Å². The maximum atomic E-state index is 5.91. The Morgan fingerprint density at radius 1 is 1.18 bits per heavy atom. The van der Waals surface area contributed by atoms with Gasteiger partial charge in [0.1, 0.15) is 11.4 Å². The van der Waals surface area contributed by atoms with Crippen LogP contribution in [0.1, 0.15) is 19.4 Å². The first-order valence-electron chi connectivity index (χ1n) is 5.42. The zero-order valence-corrected chi connectivity index (χ0v) is 9.90. The molecule has 1 aromatic heterocycles. The number of benzene rings is 1. The molecular formula is C14H15NO2. The summed E-state index contributed by atoms with van der Waals surface area (Å²) in [5.41, 5.74) is 1.92. The highest BCUT2D eigenvalue weighted by molar-refractivity contribution is 5.91. The van der Waals surface area contributed by atoms with Crippen molar-refractivity contribution >= 4 is 17.0 Å². The predicted octanol–water partition coefficient (Wildman–Crippen LogP) is 2.59. The first-order chi connectivity index (χ1) is 7.66. The van der Waals surface area contributed by atoms with E-state index in [0.29, 0.717) is 0 Å². The standard InChI is InChI=1S/C14H13NO.H2O/c1-14(2)8-7-11-10-4-3-9-15-12(10)5-6-13(11)16-14;/h3-9H,1-2H3;1H2. The van der Waals surface area contributed by atoms with Crippen LogP contribution in [-0.2, 0) is 0 Å². The molecule has 2 aromatic rings. The average Bonchev–Trinajstić information content (AvgIpc) is 2.27. The number of pyridine rings is 1. The Morgan fingerprint density at radius 2 is 2.00 bits per heavy atom. The quantitative estimate of drug-likeness (QED) is 0.697. The van der Waals surface area contributed by atoms with Crippen LogP contribution in [0.5, 0.6) is 5.75 Å². The van der Waals surface area contributed by atoms with E-state index in [2.05, 4.69) is 37.0 Å². The van der Waals surface area contributed by atoms with Gasteiger partial charge >= 0.3 is 0 Å². The summed E-state index contributed by atoms with van der Waals surface area (Å²) in [7, 11) is 0. The summed E-state index contributed by atoms with van der Waals surface area (Å²) in [6.07, 6.45) is 6.02. The second-order valence-electron chi connectivity index (χ2n) is 4.59. The zero-order valence-electron chi connectivity index (χ0n) is 9.90. The molecule has 88 valence electrons. The van der Waals surface area contributed by atoms with Crippen molar-refractivity contribution in [2.24, 2.45) is 0 Å². The molecule has 0 fully saturated rings. The first-order valence-corrected chi connectivity index (χ1v) is 5.42. The molecule has 0 unspecified atom stereocenters. The van der Waals surface area contributed by atoms with Crippen LogP contribution in [0.4, 0.5) is 0 Å². The molecule has 1 aliphatic rings. The monoisotopic (exact) mass is 229 g/mol. The summed E-state index contributed by atoms with van der Waals surface area (Å²) >= 11 is 0. The van der Waals surface area contributed by atoms with Gasteiger partial charge in [0, 0.05) is 17.1 Å². The summed E-state index contributed by atoms with van der Waals surface area (Å²) in [6, 6.07) is 8.03. The smallest absolute Gasteiger partial charge is 0.128 e. The lowest BCUT2D eigenvalue weighted by Gasteiger charge is -2.28. The maximum absolute atomic E-state index is 5.91. The largest absolute Gasteiger partial charge is 0.483 e. The Bertz CT molecular complexity index is 588. The summed E-state index contributed by atoms with van der Waals surface area (Å²) < 4.78 is 5.91. The summed E-state index contributed by atoms with van der Waals surface area (Å²) in [5.74, 6) is 0.938. The Balaban J connectivity index is 0.00000108. The molecule has 1 aromatic carbocycles. The SMILES string of the molecule is CC1(C)C=Cc2c(ccc3ncccc23)O1.O. The van der Waals surface area contributed by atoms with Gasteiger partial charge in [-0.1, -0.05) is 12.1 Å². The Labute approximate surface area is 100 Å². The van der Waals surface area contributed by atoms with Crippen molar-refractivity contribution in [1.82, 2.24) is 4.98 Å². The van der Waals surface area contributed by atoms with E-state index in [1.54, 1.807) is 0 Å². The van der Waals surface area contributed by atoms with Crippen molar-refractivity contribution in [1.29, 1.82) is 0 Å². The highest BCUT2D eigenvalue weighted by Gasteiger charge is 2.22. The van der Waals surface area contributed by atoms with Crippen LogP contribution in [0.3, 0.4) is 0 Å². The zero-order chi connectivity index (χ0) is 11.2. The van der Waals surface area contributed by atoms with Gasteiger partial charge in [0.15, 0.2) is 0 Å². The van der Waals surface area contributed by atoms with E-state index in [1.165, 1.54) is 0 Å². The third-order valence-corrected chi connectivity index (χ3v) is 2.81. The number of aromatic nitrogens is 1. The molecule has 3 rings (SSSR count). The summed E-state index contributed by atoms with van der Waals surface area (Å²) in [6.45, 7) is 4.11. The van der Waals surface area contributed by atoms with Gasteiger partial charge in [-0.05, 0) is 38.1 Å². The second kappa shape index (κ2) is 3.86. The molecule has 2 heterocycles. The average molecular weight is 229 g/mol. The fraction of sp³-hybridized carbons (Fsp3) is 0.214. The van der Waals surface area contributed by atoms with Crippen molar-refractivity contribution < 1.29 is 10.2 Å². The third-order valence-electron chi connectivity index (χ3n) is 2.81. The Morgan fingerprint density at radius 3 is 2.82 bits per heavy atom. The molecule has 17 heavy (non-hydrogen) atoms. The Kier molecular flexibility index (Phi) is 2.63. The first kappa shape index (κ1) is 11.6. The number of fused-ring (bicyclic) bond motifs is 3. The van der Waals surface area contributed by atoms with Crippen LogP contribution in [-0.4, -0.2) is 16.1 Å². The molecule has 0 bridgehead atoms. The fourth-order valence-electron chi connectivity index (χ4n) is 2.02. The van der Waals surface area contributed by atoms with E-state index in [1.807, 2.05) is 24.4 Å². The maximum Gasteiger partial charge on any atom is 0.128 e. The van der Waals surface area contributed by atoms with Crippen LogP contribution < -0.4 is 4.74 Å². The lowest BCUT2D eigenvalue weighted by molar-refractivity contribution is 0.159. The predicted molar refractivity (Wildman–Crippen MR) is 69.1 cm³/mol. The molecule has 3 nitrogen and oxygen atoms in total. The van der Waals surface area contributed by atoms with Gasteiger partial charge < -0.3 is 10.2 Å². The van der Waals surface area contributed by atoms with E-state index in [9.17, 15) is 0 Å². The molecule has 2 N–H and O–H groups in total. The van der Waals surface area contributed by atoms with Crippen LogP contribution >= 0.6 is 0 Å². The van der Waals surface area contributed by atoms with E-state index >= 15 is 0 Å². The molecule has 3 heteroatoms. The topological polar surface area (TPSA) is 53.6 Å². The lowest BCUT2D eigenvalue weighted by Crippen LogP contribution is -2.27. The molecule has 0 atom stereocenters. The van der Waals surface area contributed by atoms with Crippen molar-refractivity contribution in [3.05, 3.63) is 42.1 Å². The van der Waals surface area contributed by atoms with Gasteiger partial charge in [0.25, 0.3) is 0 Å². The molecular weight excluding hydrogens is 214 g/mol. The molecule has 0 spiro atoms. The van der Waals surface area contributed by atoms with E-state index in [0.717, 1.165) is 22.2 Å². The highest BCUT2D eigenvalue weighted by Crippen LogP contribution is 2.35. The van der Waals surface area contributed by atoms with Crippen molar-refractivity contribution in [2.45, 2.75) is 19.4 Å². The van der Waals surface area contributed by atoms with Crippen LogP contribution in [0, 0.1) is 0 Å². The van der Waals surface area contributed by atoms with E-state index < -0.39 is 0 Å². The number of hydrogen-bond donors (Lipinski definition) is 0. The summed E-state index contributed by atoms with van der Waals surface area (Å²) in [5, 5.41) is 1.15. The third kappa shape index (κ3) is 1.89. The lowest BCUT2D eigenvalue weighted by atomic mass is 9.99. The normalized spacial score (nSPS) is 15.9. The molecule has 0 amide bonds. The minimum Gasteiger partial charge on any atom is -0.483 e. The fourth-order valence-corrected chi connectivity index (χ4v) is 2.02. The van der Waals surface area contributed by atoms with Gasteiger partial charge in [-0.25, -0.2) is 0 Å². The number of nitrogens with zero attached hydrogens (tertiary/aromatic N) is 1. The van der Waals surface area contributed by atoms with Crippen LogP contribution in [0.15, 0.2) is 36.5 Å². The van der Waals surface area contributed by atoms with Crippen molar-refractivity contribution in [3.8, 4) is 5.75 Å². The van der Waals surface area contributed by atoms with Crippen LogP contribution in [0.25, 0.3) is 17.0 Å².